The van der Waals surface area contributed by atoms with Crippen molar-refractivity contribution in [2.24, 2.45) is 5.92 Å². The highest BCUT2D eigenvalue weighted by molar-refractivity contribution is 5.49. The van der Waals surface area contributed by atoms with Crippen LogP contribution in [0.25, 0.3) is 0 Å². The molecule has 0 aliphatic heterocycles. The lowest BCUT2D eigenvalue weighted by atomic mass is 9.79. The maximum absolute atomic E-state index is 10.1. The zero-order valence-electron chi connectivity index (χ0n) is 12.9. The molecule has 0 fully saturated rings. The molecule has 0 saturated heterocycles. The largest absolute Gasteiger partial charge is 0.508 e. The van der Waals surface area contributed by atoms with Gasteiger partial charge >= 0.3 is 0 Å². The number of hydrogen-bond acceptors (Lipinski definition) is 3. The summed E-state index contributed by atoms with van der Waals surface area (Å²) in [6, 6.07) is 3.69. The van der Waals surface area contributed by atoms with Gasteiger partial charge in [-0.05, 0) is 56.8 Å². The minimum Gasteiger partial charge on any atom is -0.508 e. The molecule has 0 heterocycles. The number of hydrogen-bond donors (Lipinski definition) is 2. The highest BCUT2D eigenvalue weighted by Crippen LogP contribution is 2.38. The molecule has 2 atom stereocenters. The maximum Gasteiger partial charge on any atom is 0.119 e. The molecule has 0 aromatic heterocycles. The molecule has 2 rings (SSSR count). The Kier molecular flexibility index (Phi) is 4.92. The van der Waals surface area contributed by atoms with Gasteiger partial charge in [0.25, 0.3) is 0 Å². The molecular formula is C17H27NO2. The molecular weight excluding hydrogens is 250 g/mol. The first-order valence-electron chi connectivity index (χ1n) is 7.85. The predicted molar refractivity (Wildman–Crippen MR) is 82.3 cm³/mol. The van der Waals surface area contributed by atoms with Crippen molar-refractivity contribution in [2.45, 2.75) is 52.5 Å². The van der Waals surface area contributed by atoms with Gasteiger partial charge < -0.3 is 10.2 Å². The standard InChI is InChI=1S/C17H27NO2/c1-4-8-18(9-5-2)15-11-14-13(10-12(15)3)16(19)6-7-17(14)20/h6-7,12,15,19-20H,4-5,8-11H2,1-3H3. The molecule has 2 N–H and O–H groups in total. The van der Waals surface area contributed by atoms with Gasteiger partial charge in [0, 0.05) is 17.2 Å². The van der Waals surface area contributed by atoms with Gasteiger partial charge in [0.1, 0.15) is 11.5 Å². The molecule has 1 aromatic rings. The van der Waals surface area contributed by atoms with Crippen molar-refractivity contribution in [3.05, 3.63) is 23.3 Å². The maximum atomic E-state index is 10.1. The van der Waals surface area contributed by atoms with Crippen LogP contribution < -0.4 is 0 Å². The van der Waals surface area contributed by atoms with Crippen LogP contribution in [-0.4, -0.2) is 34.2 Å². The molecule has 0 saturated carbocycles. The van der Waals surface area contributed by atoms with E-state index < -0.39 is 0 Å². The lowest BCUT2D eigenvalue weighted by Gasteiger charge is -2.39. The van der Waals surface area contributed by atoms with Crippen LogP contribution in [0.15, 0.2) is 12.1 Å². The summed E-state index contributed by atoms with van der Waals surface area (Å²) in [4.78, 5) is 2.55. The normalized spacial score (nSPS) is 22.0. The predicted octanol–water partition coefficient (Wildman–Crippen LogP) is 3.32. The lowest BCUT2D eigenvalue weighted by Crippen LogP contribution is -2.45. The van der Waals surface area contributed by atoms with E-state index in [9.17, 15) is 10.2 Å². The third-order valence-corrected chi connectivity index (χ3v) is 4.47. The molecule has 112 valence electrons. The highest BCUT2D eigenvalue weighted by atomic mass is 16.3. The van der Waals surface area contributed by atoms with Crippen molar-refractivity contribution in [3.63, 3.8) is 0 Å². The first-order chi connectivity index (χ1) is 9.58. The quantitative estimate of drug-likeness (QED) is 0.811. The minimum absolute atomic E-state index is 0.334. The van der Waals surface area contributed by atoms with Crippen molar-refractivity contribution in [1.29, 1.82) is 0 Å². The Balaban J connectivity index is 2.28. The molecule has 0 bridgehead atoms. The van der Waals surface area contributed by atoms with Crippen molar-refractivity contribution >= 4 is 0 Å². The molecule has 1 aliphatic carbocycles. The first-order valence-corrected chi connectivity index (χ1v) is 7.85. The van der Waals surface area contributed by atoms with Crippen LogP contribution in [0.5, 0.6) is 11.5 Å². The summed E-state index contributed by atoms with van der Waals surface area (Å²) in [5, 5.41) is 20.1. The smallest absolute Gasteiger partial charge is 0.119 e. The van der Waals surface area contributed by atoms with Crippen LogP contribution in [0.4, 0.5) is 0 Å². The molecule has 3 nitrogen and oxygen atoms in total. The number of phenols is 2. The summed E-state index contributed by atoms with van der Waals surface area (Å²) in [6.07, 6.45) is 4.01. The second-order valence-corrected chi connectivity index (χ2v) is 6.05. The van der Waals surface area contributed by atoms with Crippen LogP contribution in [0.1, 0.15) is 44.7 Å². The topological polar surface area (TPSA) is 43.7 Å². The molecule has 0 spiro atoms. The SMILES string of the molecule is CCCN(CCC)C1Cc2c(O)ccc(O)c2CC1C. The second-order valence-electron chi connectivity index (χ2n) is 6.05. The van der Waals surface area contributed by atoms with Crippen LogP contribution in [0.2, 0.25) is 0 Å². The van der Waals surface area contributed by atoms with E-state index >= 15 is 0 Å². The Hall–Kier alpha value is -1.22. The number of fused-ring (bicyclic) bond motifs is 1. The van der Waals surface area contributed by atoms with E-state index in [1.54, 1.807) is 12.1 Å². The van der Waals surface area contributed by atoms with Gasteiger partial charge in [-0.25, -0.2) is 0 Å². The third kappa shape index (κ3) is 2.93. The first kappa shape index (κ1) is 15.2. The molecule has 0 radical (unpaired) electrons. The Morgan fingerprint density at radius 1 is 1.00 bits per heavy atom. The van der Waals surface area contributed by atoms with Crippen LogP contribution >= 0.6 is 0 Å². The van der Waals surface area contributed by atoms with Gasteiger partial charge in [-0.2, -0.15) is 0 Å². The van der Waals surface area contributed by atoms with Gasteiger partial charge in [0.15, 0.2) is 0 Å². The average Bonchev–Trinajstić information content (AvgIpc) is 2.43. The fraction of sp³-hybridized carbons (Fsp3) is 0.647. The lowest BCUT2D eigenvalue weighted by molar-refractivity contribution is 0.137. The summed E-state index contributed by atoms with van der Waals surface area (Å²) < 4.78 is 0. The third-order valence-electron chi connectivity index (χ3n) is 4.47. The number of benzene rings is 1. The Morgan fingerprint density at radius 3 is 2.00 bits per heavy atom. The van der Waals surface area contributed by atoms with Crippen LogP contribution in [0, 0.1) is 5.92 Å². The van der Waals surface area contributed by atoms with E-state index in [4.69, 9.17) is 0 Å². The summed E-state index contributed by atoms with van der Waals surface area (Å²) in [6.45, 7) is 8.91. The summed E-state index contributed by atoms with van der Waals surface area (Å²) in [5.74, 6) is 1.18. The van der Waals surface area contributed by atoms with Gasteiger partial charge in [-0.15, -0.1) is 0 Å². The van der Waals surface area contributed by atoms with Gasteiger partial charge in [0.05, 0.1) is 0 Å². The number of phenolic OH excluding ortho intramolecular Hbond substituents is 2. The summed E-state index contributed by atoms with van der Waals surface area (Å²) >= 11 is 0. The fourth-order valence-corrected chi connectivity index (χ4v) is 3.50. The minimum atomic E-state index is 0.334. The number of nitrogens with zero attached hydrogens (tertiary/aromatic N) is 1. The van der Waals surface area contributed by atoms with Gasteiger partial charge in [0.2, 0.25) is 0 Å². The Bertz CT molecular complexity index is 453. The van der Waals surface area contributed by atoms with Gasteiger partial charge in [-0.1, -0.05) is 20.8 Å². The summed E-state index contributed by atoms with van der Waals surface area (Å²) in [5.41, 5.74) is 1.90. The highest BCUT2D eigenvalue weighted by Gasteiger charge is 2.32. The molecule has 20 heavy (non-hydrogen) atoms. The Morgan fingerprint density at radius 2 is 1.50 bits per heavy atom. The Labute approximate surface area is 122 Å². The average molecular weight is 277 g/mol. The van der Waals surface area contributed by atoms with E-state index in [0.29, 0.717) is 23.5 Å². The monoisotopic (exact) mass is 277 g/mol. The zero-order valence-corrected chi connectivity index (χ0v) is 12.9. The van der Waals surface area contributed by atoms with E-state index in [0.717, 1.165) is 49.9 Å². The molecule has 1 aliphatic rings. The van der Waals surface area contributed by atoms with Crippen LogP contribution in [-0.2, 0) is 12.8 Å². The fourth-order valence-electron chi connectivity index (χ4n) is 3.50. The number of aromatic hydroxyl groups is 2. The van der Waals surface area contributed by atoms with E-state index in [-0.39, 0.29) is 0 Å². The van der Waals surface area contributed by atoms with E-state index in [1.165, 1.54) is 0 Å². The van der Waals surface area contributed by atoms with Crippen LogP contribution in [0.3, 0.4) is 0 Å². The zero-order chi connectivity index (χ0) is 14.7. The molecule has 1 aromatic carbocycles. The molecule has 3 heteroatoms. The second kappa shape index (κ2) is 6.49. The van der Waals surface area contributed by atoms with Crippen molar-refractivity contribution in [2.75, 3.05) is 13.1 Å². The van der Waals surface area contributed by atoms with Crippen molar-refractivity contribution in [3.8, 4) is 11.5 Å². The van der Waals surface area contributed by atoms with Crippen molar-refractivity contribution < 1.29 is 10.2 Å². The molecule has 2 unspecified atom stereocenters. The number of rotatable bonds is 5. The van der Waals surface area contributed by atoms with Gasteiger partial charge in [-0.3, -0.25) is 4.90 Å². The summed E-state index contributed by atoms with van der Waals surface area (Å²) in [7, 11) is 0. The van der Waals surface area contributed by atoms with E-state index in [2.05, 4.69) is 25.7 Å². The van der Waals surface area contributed by atoms with Crippen molar-refractivity contribution in [1.82, 2.24) is 4.90 Å². The van der Waals surface area contributed by atoms with E-state index in [1.807, 2.05) is 0 Å². The molecule has 0 amide bonds.